The van der Waals surface area contributed by atoms with Gasteiger partial charge in [0.1, 0.15) is 11.8 Å². The summed E-state index contributed by atoms with van der Waals surface area (Å²) in [5.74, 6) is 0.810. The van der Waals surface area contributed by atoms with Gasteiger partial charge in [0.15, 0.2) is 0 Å². The van der Waals surface area contributed by atoms with Gasteiger partial charge in [-0.3, -0.25) is 4.99 Å². The molecule has 3 nitrogen and oxygen atoms in total. The van der Waals surface area contributed by atoms with Crippen LogP contribution in [0.3, 0.4) is 0 Å². The molecular weight excluding hydrogens is 224 g/mol. The Morgan fingerprint density at radius 2 is 1.83 bits per heavy atom. The zero-order valence-electron chi connectivity index (χ0n) is 10.00. The molecule has 2 rings (SSSR count). The van der Waals surface area contributed by atoms with Crippen LogP contribution in [0.1, 0.15) is 11.1 Å². The second-order valence-electron chi connectivity index (χ2n) is 3.66. The van der Waals surface area contributed by atoms with Crippen molar-refractivity contribution < 1.29 is 4.74 Å². The van der Waals surface area contributed by atoms with Crippen LogP contribution < -0.4 is 4.74 Å². The van der Waals surface area contributed by atoms with Gasteiger partial charge < -0.3 is 4.74 Å². The Morgan fingerprint density at radius 3 is 2.50 bits per heavy atom. The van der Waals surface area contributed by atoms with Gasteiger partial charge >= 0.3 is 0 Å². The Balaban J connectivity index is 2.22. The van der Waals surface area contributed by atoms with Gasteiger partial charge in [0.2, 0.25) is 0 Å². The molecule has 0 amide bonds. The quantitative estimate of drug-likeness (QED) is 0.767. The van der Waals surface area contributed by atoms with Crippen LogP contribution in [0.2, 0.25) is 0 Å². The molecule has 0 unspecified atom stereocenters. The molecule has 0 radical (unpaired) electrons. The number of aliphatic imine (C=N–C) groups is 1. The first-order valence-corrected chi connectivity index (χ1v) is 5.51. The zero-order valence-corrected chi connectivity index (χ0v) is 10.00. The van der Waals surface area contributed by atoms with Gasteiger partial charge in [-0.2, -0.15) is 5.26 Å². The molecule has 2 aromatic carbocycles. The van der Waals surface area contributed by atoms with Crippen LogP contribution in [0.4, 0.5) is 5.69 Å². The monoisotopic (exact) mass is 236 g/mol. The Morgan fingerprint density at radius 1 is 1.11 bits per heavy atom. The number of ether oxygens (including phenoxy) is 1. The molecule has 0 spiro atoms. The number of hydrogen-bond acceptors (Lipinski definition) is 3. The molecule has 18 heavy (non-hydrogen) atoms. The SMILES string of the molecule is COc1ccc(C=Nc2ccccc2C#N)cc1. The minimum atomic E-state index is 0.572. The summed E-state index contributed by atoms with van der Waals surface area (Å²) in [5, 5.41) is 8.94. The van der Waals surface area contributed by atoms with Crippen molar-refractivity contribution in [3.8, 4) is 11.8 Å². The third kappa shape index (κ3) is 2.74. The highest BCUT2D eigenvalue weighted by atomic mass is 16.5. The van der Waals surface area contributed by atoms with Crippen LogP contribution >= 0.6 is 0 Å². The van der Waals surface area contributed by atoms with Crippen molar-refractivity contribution >= 4 is 11.9 Å². The lowest BCUT2D eigenvalue weighted by atomic mass is 10.2. The average molecular weight is 236 g/mol. The smallest absolute Gasteiger partial charge is 0.118 e. The molecule has 0 heterocycles. The van der Waals surface area contributed by atoms with E-state index < -0.39 is 0 Å². The molecule has 0 saturated heterocycles. The van der Waals surface area contributed by atoms with Crippen LogP contribution in [-0.4, -0.2) is 13.3 Å². The average Bonchev–Trinajstić information content (AvgIpc) is 2.46. The lowest BCUT2D eigenvalue weighted by molar-refractivity contribution is 0.415. The van der Waals surface area contributed by atoms with Crippen molar-refractivity contribution in [3.05, 3.63) is 59.7 Å². The first-order valence-electron chi connectivity index (χ1n) is 5.51. The second-order valence-corrected chi connectivity index (χ2v) is 3.66. The van der Waals surface area contributed by atoms with Gasteiger partial charge in [-0.05, 0) is 42.0 Å². The number of nitriles is 1. The molecule has 0 aliphatic carbocycles. The fourth-order valence-electron chi connectivity index (χ4n) is 1.51. The molecule has 0 aliphatic rings. The maximum absolute atomic E-state index is 8.94. The molecule has 0 bridgehead atoms. The van der Waals surface area contributed by atoms with E-state index in [2.05, 4.69) is 11.1 Å². The van der Waals surface area contributed by atoms with Gasteiger partial charge in [-0.25, -0.2) is 0 Å². The molecular formula is C15H12N2O. The molecule has 0 saturated carbocycles. The first kappa shape index (κ1) is 11.9. The van der Waals surface area contributed by atoms with Crippen molar-refractivity contribution in [1.29, 1.82) is 5.26 Å². The molecule has 0 fully saturated rings. The lowest BCUT2D eigenvalue weighted by Gasteiger charge is -1.99. The van der Waals surface area contributed by atoms with Gasteiger partial charge in [-0.15, -0.1) is 0 Å². The molecule has 3 heteroatoms. The predicted molar refractivity (Wildman–Crippen MR) is 71.4 cm³/mol. The number of methoxy groups -OCH3 is 1. The zero-order chi connectivity index (χ0) is 12.8. The Hall–Kier alpha value is -2.60. The van der Waals surface area contributed by atoms with Crippen molar-refractivity contribution in [2.24, 2.45) is 4.99 Å². The van der Waals surface area contributed by atoms with E-state index in [0.717, 1.165) is 11.3 Å². The van der Waals surface area contributed by atoms with E-state index in [1.54, 1.807) is 19.4 Å². The van der Waals surface area contributed by atoms with E-state index in [9.17, 15) is 0 Å². The maximum Gasteiger partial charge on any atom is 0.118 e. The third-order valence-corrected chi connectivity index (χ3v) is 2.49. The van der Waals surface area contributed by atoms with Crippen molar-refractivity contribution in [1.82, 2.24) is 0 Å². The summed E-state index contributed by atoms with van der Waals surface area (Å²) >= 11 is 0. The summed E-state index contributed by atoms with van der Waals surface area (Å²) in [6, 6.07) is 16.9. The predicted octanol–water partition coefficient (Wildman–Crippen LogP) is 3.32. The Kier molecular flexibility index (Phi) is 3.72. The van der Waals surface area contributed by atoms with E-state index >= 15 is 0 Å². The minimum Gasteiger partial charge on any atom is -0.497 e. The summed E-state index contributed by atoms with van der Waals surface area (Å²) in [7, 11) is 1.63. The third-order valence-electron chi connectivity index (χ3n) is 2.49. The maximum atomic E-state index is 8.94. The number of rotatable bonds is 3. The molecule has 88 valence electrons. The number of benzene rings is 2. The summed E-state index contributed by atoms with van der Waals surface area (Å²) in [4.78, 5) is 4.31. The van der Waals surface area contributed by atoms with Gasteiger partial charge in [-0.1, -0.05) is 12.1 Å². The molecule has 0 atom stereocenters. The summed E-state index contributed by atoms with van der Waals surface area (Å²) in [6.45, 7) is 0. The molecule has 0 aromatic heterocycles. The summed E-state index contributed by atoms with van der Waals surface area (Å²) < 4.78 is 5.08. The van der Waals surface area contributed by atoms with Crippen molar-refractivity contribution in [2.75, 3.05) is 7.11 Å². The highest BCUT2D eigenvalue weighted by Gasteiger charge is 1.97. The highest BCUT2D eigenvalue weighted by molar-refractivity contribution is 5.82. The van der Waals surface area contributed by atoms with E-state index in [-0.39, 0.29) is 0 Å². The minimum absolute atomic E-state index is 0.572. The largest absolute Gasteiger partial charge is 0.497 e. The van der Waals surface area contributed by atoms with Crippen LogP contribution in [0.25, 0.3) is 0 Å². The first-order chi connectivity index (χ1) is 8.83. The second kappa shape index (κ2) is 5.65. The summed E-state index contributed by atoms with van der Waals surface area (Å²) in [5.41, 5.74) is 2.21. The van der Waals surface area contributed by atoms with Crippen LogP contribution in [0, 0.1) is 11.3 Å². The van der Waals surface area contributed by atoms with E-state index in [1.807, 2.05) is 42.5 Å². The number of nitrogens with zero attached hydrogens (tertiary/aromatic N) is 2. The molecule has 0 aliphatic heterocycles. The van der Waals surface area contributed by atoms with E-state index in [4.69, 9.17) is 10.00 Å². The lowest BCUT2D eigenvalue weighted by Crippen LogP contribution is -1.84. The van der Waals surface area contributed by atoms with Crippen LogP contribution in [0.15, 0.2) is 53.5 Å². The topological polar surface area (TPSA) is 45.4 Å². The van der Waals surface area contributed by atoms with Crippen LogP contribution in [-0.2, 0) is 0 Å². The van der Waals surface area contributed by atoms with Gasteiger partial charge in [0.25, 0.3) is 0 Å². The molecule has 0 N–H and O–H groups in total. The Bertz CT molecular complexity index is 595. The fourth-order valence-corrected chi connectivity index (χ4v) is 1.51. The van der Waals surface area contributed by atoms with E-state index in [0.29, 0.717) is 11.3 Å². The normalized spacial score (nSPS) is 10.2. The van der Waals surface area contributed by atoms with Crippen molar-refractivity contribution in [2.45, 2.75) is 0 Å². The van der Waals surface area contributed by atoms with Crippen molar-refractivity contribution in [3.63, 3.8) is 0 Å². The van der Waals surface area contributed by atoms with E-state index in [1.165, 1.54) is 0 Å². The number of hydrogen-bond donors (Lipinski definition) is 0. The summed E-state index contributed by atoms with van der Waals surface area (Å²) in [6.07, 6.45) is 1.73. The fraction of sp³-hybridized carbons (Fsp3) is 0.0667. The molecule has 2 aromatic rings. The van der Waals surface area contributed by atoms with Gasteiger partial charge in [0.05, 0.1) is 18.4 Å². The highest BCUT2D eigenvalue weighted by Crippen LogP contribution is 2.17. The standard InChI is InChI=1S/C15H12N2O/c1-18-14-8-6-12(7-9-14)11-17-15-5-3-2-4-13(15)10-16/h2-9,11H,1H3. The van der Waals surface area contributed by atoms with Gasteiger partial charge in [0, 0.05) is 6.21 Å². The Labute approximate surface area is 106 Å². The number of para-hydroxylation sites is 1. The van der Waals surface area contributed by atoms with Crippen LogP contribution in [0.5, 0.6) is 5.75 Å².